The van der Waals surface area contributed by atoms with Crippen molar-refractivity contribution in [1.82, 2.24) is 15.5 Å². The molecule has 0 aliphatic rings. The van der Waals surface area contributed by atoms with Crippen LogP contribution in [-0.2, 0) is 19.1 Å². The standard InChI is InChI=1S/C32H52N4O5/c1-9-11-12-20-34-29(38)28(25-15-13-14-24(10-2)21-25)36(23(5)17-16-22(3)4)30(39)26(18-19-27(33)37)35-31(40)41-32(6,7)8/h10,13-15,21-23,26,28H,2,9,11-12,16-20H2,1,3-8H3,(H2,33,37)(H,34,38)(H,35,40). The monoisotopic (exact) mass is 572 g/mol. The van der Waals surface area contributed by atoms with E-state index in [0.29, 0.717) is 24.4 Å². The van der Waals surface area contributed by atoms with E-state index in [0.717, 1.165) is 31.2 Å². The van der Waals surface area contributed by atoms with E-state index in [9.17, 15) is 19.2 Å². The smallest absolute Gasteiger partial charge is 0.408 e. The third kappa shape index (κ3) is 13.2. The van der Waals surface area contributed by atoms with E-state index in [1.54, 1.807) is 31.7 Å². The first-order valence-corrected chi connectivity index (χ1v) is 14.8. The van der Waals surface area contributed by atoms with Crippen molar-refractivity contribution in [3.63, 3.8) is 0 Å². The van der Waals surface area contributed by atoms with E-state index >= 15 is 0 Å². The highest BCUT2D eigenvalue weighted by atomic mass is 16.6. The van der Waals surface area contributed by atoms with Gasteiger partial charge in [-0.2, -0.15) is 0 Å². The molecule has 4 amide bonds. The number of alkyl carbamates (subject to hydrolysis) is 1. The summed E-state index contributed by atoms with van der Waals surface area (Å²) in [6.45, 7) is 17.7. The Bertz CT molecular complexity index is 1020. The molecule has 0 aromatic heterocycles. The predicted molar refractivity (Wildman–Crippen MR) is 164 cm³/mol. The molecule has 3 unspecified atom stereocenters. The Morgan fingerprint density at radius 3 is 2.32 bits per heavy atom. The zero-order chi connectivity index (χ0) is 31.2. The summed E-state index contributed by atoms with van der Waals surface area (Å²) in [5, 5.41) is 5.67. The molecule has 1 rings (SSSR count). The van der Waals surface area contributed by atoms with Crippen LogP contribution in [0.3, 0.4) is 0 Å². The lowest BCUT2D eigenvalue weighted by molar-refractivity contribution is -0.145. The number of amides is 4. The summed E-state index contributed by atoms with van der Waals surface area (Å²) in [7, 11) is 0. The minimum absolute atomic E-state index is 0.0294. The first kappa shape index (κ1) is 35.7. The molecule has 0 saturated heterocycles. The summed E-state index contributed by atoms with van der Waals surface area (Å²) in [5.41, 5.74) is 6.07. The number of rotatable bonds is 17. The van der Waals surface area contributed by atoms with Gasteiger partial charge in [0, 0.05) is 19.0 Å². The van der Waals surface area contributed by atoms with Crippen LogP contribution in [0.25, 0.3) is 6.08 Å². The first-order chi connectivity index (χ1) is 19.2. The first-order valence-electron chi connectivity index (χ1n) is 14.8. The van der Waals surface area contributed by atoms with Gasteiger partial charge in [0.05, 0.1) is 0 Å². The van der Waals surface area contributed by atoms with Crippen molar-refractivity contribution in [1.29, 1.82) is 0 Å². The average Bonchev–Trinajstić information content (AvgIpc) is 2.89. The number of ether oxygens (including phenoxy) is 1. The molecule has 0 radical (unpaired) electrons. The summed E-state index contributed by atoms with van der Waals surface area (Å²) in [6, 6.07) is 4.91. The minimum Gasteiger partial charge on any atom is -0.444 e. The van der Waals surface area contributed by atoms with E-state index in [-0.39, 0.29) is 24.8 Å². The van der Waals surface area contributed by atoms with Crippen LogP contribution in [0.15, 0.2) is 30.8 Å². The van der Waals surface area contributed by atoms with Crippen molar-refractivity contribution < 1.29 is 23.9 Å². The van der Waals surface area contributed by atoms with Gasteiger partial charge in [0.25, 0.3) is 0 Å². The Morgan fingerprint density at radius 1 is 1.07 bits per heavy atom. The molecule has 1 aromatic carbocycles. The van der Waals surface area contributed by atoms with Gasteiger partial charge in [0.1, 0.15) is 17.7 Å². The average molecular weight is 573 g/mol. The molecule has 0 heterocycles. The van der Waals surface area contributed by atoms with Crippen LogP contribution >= 0.6 is 0 Å². The number of hydrogen-bond acceptors (Lipinski definition) is 5. The topological polar surface area (TPSA) is 131 Å². The number of benzene rings is 1. The van der Waals surface area contributed by atoms with Gasteiger partial charge in [-0.1, -0.05) is 64.5 Å². The molecule has 0 fully saturated rings. The molecule has 1 aromatic rings. The van der Waals surface area contributed by atoms with Gasteiger partial charge < -0.3 is 26.0 Å². The van der Waals surface area contributed by atoms with Crippen LogP contribution in [0.4, 0.5) is 4.79 Å². The highest BCUT2D eigenvalue weighted by Crippen LogP contribution is 2.29. The molecule has 3 atom stereocenters. The summed E-state index contributed by atoms with van der Waals surface area (Å²) in [5.74, 6) is -1.01. The number of primary amides is 1. The van der Waals surface area contributed by atoms with Gasteiger partial charge in [0.15, 0.2) is 0 Å². The summed E-state index contributed by atoms with van der Waals surface area (Å²) in [4.78, 5) is 54.3. The number of nitrogens with zero attached hydrogens (tertiary/aromatic N) is 1. The van der Waals surface area contributed by atoms with Crippen molar-refractivity contribution >= 4 is 29.9 Å². The van der Waals surface area contributed by atoms with E-state index < -0.39 is 35.6 Å². The Hall–Kier alpha value is -3.36. The van der Waals surface area contributed by atoms with Crippen LogP contribution in [0.5, 0.6) is 0 Å². The molecule has 9 nitrogen and oxygen atoms in total. The summed E-state index contributed by atoms with van der Waals surface area (Å²) >= 11 is 0. The van der Waals surface area contributed by atoms with Gasteiger partial charge in [-0.3, -0.25) is 14.4 Å². The highest BCUT2D eigenvalue weighted by Gasteiger charge is 2.39. The van der Waals surface area contributed by atoms with Crippen molar-refractivity contribution in [3.8, 4) is 0 Å². The normalized spacial score (nSPS) is 13.6. The second kappa shape index (κ2) is 17.5. The lowest BCUT2D eigenvalue weighted by Crippen LogP contribution is -2.55. The third-order valence-electron chi connectivity index (χ3n) is 6.63. The molecule has 9 heteroatoms. The van der Waals surface area contributed by atoms with Crippen LogP contribution in [0, 0.1) is 5.92 Å². The largest absolute Gasteiger partial charge is 0.444 e. The highest BCUT2D eigenvalue weighted by molar-refractivity contribution is 5.92. The van der Waals surface area contributed by atoms with Gasteiger partial charge in [-0.15, -0.1) is 0 Å². The number of carbonyl (C=O) groups is 4. The van der Waals surface area contributed by atoms with Crippen molar-refractivity contribution in [2.45, 2.75) is 117 Å². The van der Waals surface area contributed by atoms with Gasteiger partial charge >= 0.3 is 6.09 Å². The molecule has 4 N–H and O–H groups in total. The summed E-state index contributed by atoms with van der Waals surface area (Å²) in [6.07, 6.45) is 5.01. The molecular formula is C32H52N4O5. The lowest BCUT2D eigenvalue weighted by atomic mass is 9.95. The molecule has 0 saturated carbocycles. The van der Waals surface area contributed by atoms with Gasteiger partial charge in [-0.05, 0) is 76.5 Å². The van der Waals surface area contributed by atoms with Crippen molar-refractivity contribution in [2.75, 3.05) is 6.54 Å². The van der Waals surface area contributed by atoms with Gasteiger partial charge in [0.2, 0.25) is 17.7 Å². The molecule has 230 valence electrons. The second-order valence-electron chi connectivity index (χ2n) is 12.0. The fourth-order valence-corrected chi connectivity index (χ4v) is 4.46. The van der Waals surface area contributed by atoms with Crippen LogP contribution in [-0.4, -0.2) is 52.9 Å². The Balaban J connectivity index is 3.64. The maximum absolute atomic E-state index is 14.4. The molecule has 0 spiro atoms. The molecule has 0 aliphatic heterocycles. The van der Waals surface area contributed by atoms with Crippen LogP contribution in [0.1, 0.15) is 111 Å². The second-order valence-corrected chi connectivity index (χ2v) is 12.0. The Kier molecular flexibility index (Phi) is 15.2. The zero-order valence-corrected chi connectivity index (χ0v) is 26.1. The number of unbranched alkanes of at least 4 members (excludes halogenated alkanes) is 2. The Morgan fingerprint density at radius 2 is 1.76 bits per heavy atom. The maximum atomic E-state index is 14.4. The van der Waals surface area contributed by atoms with Crippen molar-refractivity contribution in [2.24, 2.45) is 11.7 Å². The predicted octanol–water partition coefficient (Wildman–Crippen LogP) is 5.49. The zero-order valence-electron chi connectivity index (χ0n) is 26.1. The minimum atomic E-state index is -1.13. The van der Waals surface area contributed by atoms with E-state index in [2.05, 4.69) is 38.0 Å². The van der Waals surface area contributed by atoms with Gasteiger partial charge in [-0.25, -0.2) is 4.79 Å². The SMILES string of the molecule is C=Cc1cccc(C(C(=O)NCCCCC)N(C(=O)C(CCC(N)=O)NC(=O)OC(C)(C)C)C(C)CCC(C)C)c1. The fourth-order valence-electron chi connectivity index (χ4n) is 4.46. The maximum Gasteiger partial charge on any atom is 0.408 e. The quantitative estimate of drug-likeness (QED) is 0.213. The van der Waals surface area contributed by atoms with E-state index in [4.69, 9.17) is 10.5 Å². The number of hydrogen-bond donors (Lipinski definition) is 3. The number of nitrogens with one attached hydrogen (secondary N) is 2. The van der Waals surface area contributed by atoms with E-state index in [1.807, 2.05) is 31.2 Å². The molecular weight excluding hydrogens is 520 g/mol. The fraction of sp³-hybridized carbons (Fsp3) is 0.625. The molecule has 41 heavy (non-hydrogen) atoms. The number of carbonyl (C=O) groups excluding carboxylic acids is 4. The Labute approximate surface area is 246 Å². The van der Waals surface area contributed by atoms with Crippen LogP contribution in [0.2, 0.25) is 0 Å². The molecule has 0 aliphatic carbocycles. The third-order valence-corrected chi connectivity index (χ3v) is 6.63. The molecule has 0 bridgehead atoms. The van der Waals surface area contributed by atoms with E-state index in [1.165, 1.54) is 0 Å². The van der Waals surface area contributed by atoms with Crippen LogP contribution < -0.4 is 16.4 Å². The summed E-state index contributed by atoms with van der Waals surface area (Å²) < 4.78 is 5.42. The van der Waals surface area contributed by atoms with Crippen molar-refractivity contribution in [3.05, 3.63) is 42.0 Å². The number of nitrogens with two attached hydrogens (primary N) is 1. The lowest BCUT2D eigenvalue weighted by Gasteiger charge is -2.39.